The van der Waals surface area contributed by atoms with Crippen molar-refractivity contribution in [2.45, 2.75) is 31.6 Å². The first-order valence-electron chi connectivity index (χ1n) is 9.64. The Morgan fingerprint density at radius 1 is 1.28 bits per heavy atom. The Kier molecular flexibility index (Phi) is 6.85. The fraction of sp³-hybridized carbons (Fsp3) is 0.381. The molecule has 1 heterocycles. The molecule has 0 saturated carbocycles. The summed E-state index contributed by atoms with van der Waals surface area (Å²) in [6, 6.07) is 11.2. The number of sulfonamides is 1. The summed E-state index contributed by atoms with van der Waals surface area (Å²) in [5.41, 5.74) is 0.789. The van der Waals surface area contributed by atoms with Crippen molar-refractivity contribution in [1.29, 1.82) is 0 Å². The van der Waals surface area contributed by atoms with Gasteiger partial charge in [-0.3, -0.25) is 9.52 Å². The molecule has 0 aromatic heterocycles. The number of anilines is 1. The highest BCUT2D eigenvalue weighted by molar-refractivity contribution is 9.10. The summed E-state index contributed by atoms with van der Waals surface area (Å²) in [6.07, 6.45) is 2.08. The second-order valence-electron chi connectivity index (χ2n) is 7.21. The van der Waals surface area contributed by atoms with Gasteiger partial charge in [-0.1, -0.05) is 13.0 Å². The van der Waals surface area contributed by atoms with E-state index in [4.69, 9.17) is 4.74 Å². The van der Waals surface area contributed by atoms with Crippen LogP contribution in [0.3, 0.4) is 0 Å². The summed E-state index contributed by atoms with van der Waals surface area (Å²) in [5.74, 6) is 0.968. The third-order valence-corrected chi connectivity index (χ3v) is 6.82. The molecule has 1 N–H and O–H groups in total. The third kappa shape index (κ3) is 5.30. The fourth-order valence-electron chi connectivity index (χ4n) is 3.40. The van der Waals surface area contributed by atoms with E-state index >= 15 is 0 Å². The summed E-state index contributed by atoms with van der Waals surface area (Å²) in [5, 5.41) is 0. The summed E-state index contributed by atoms with van der Waals surface area (Å²) in [6.45, 7) is 5.92. The minimum absolute atomic E-state index is 0.0541. The van der Waals surface area contributed by atoms with Crippen molar-refractivity contribution in [2.24, 2.45) is 5.92 Å². The summed E-state index contributed by atoms with van der Waals surface area (Å²) >= 11 is 3.38. The van der Waals surface area contributed by atoms with Crippen LogP contribution in [0.4, 0.5) is 5.69 Å². The van der Waals surface area contributed by atoms with Crippen molar-refractivity contribution in [3.63, 3.8) is 0 Å². The lowest BCUT2D eigenvalue weighted by Gasteiger charge is -2.31. The number of benzene rings is 2. The van der Waals surface area contributed by atoms with Gasteiger partial charge >= 0.3 is 0 Å². The van der Waals surface area contributed by atoms with Gasteiger partial charge in [-0.05, 0) is 78.0 Å². The second kappa shape index (κ2) is 9.17. The first-order valence-corrected chi connectivity index (χ1v) is 11.9. The molecule has 3 rings (SSSR count). The number of amides is 1. The van der Waals surface area contributed by atoms with Crippen molar-refractivity contribution in [3.05, 3.63) is 52.5 Å². The standard InChI is InChI=1S/C21H25BrN2O4S/c1-3-28-20-10-9-17(13-19(20)22)23-29(26,27)18-8-4-7-16(12-18)21(25)24-11-5-6-15(2)14-24/h4,7-10,12-13,15,23H,3,5-6,11,14H2,1-2H3. The molecule has 1 fully saturated rings. The normalized spacial score (nSPS) is 17.1. The molecule has 1 aliphatic heterocycles. The Morgan fingerprint density at radius 2 is 2.07 bits per heavy atom. The topological polar surface area (TPSA) is 75.7 Å². The van der Waals surface area contributed by atoms with E-state index in [1.807, 2.05) is 6.92 Å². The third-order valence-electron chi connectivity index (χ3n) is 4.82. The maximum absolute atomic E-state index is 12.8. The number of carbonyl (C=O) groups is 1. The van der Waals surface area contributed by atoms with Gasteiger partial charge in [-0.25, -0.2) is 8.42 Å². The molecule has 0 bridgehead atoms. The fourth-order valence-corrected chi connectivity index (χ4v) is 4.99. The van der Waals surface area contributed by atoms with E-state index in [0.29, 0.717) is 47.1 Å². The van der Waals surface area contributed by atoms with Crippen LogP contribution in [-0.2, 0) is 10.0 Å². The first kappa shape index (κ1) is 21.6. The maximum atomic E-state index is 12.8. The molecule has 8 heteroatoms. The Morgan fingerprint density at radius 3 is 2.76 bits per heavy atom. The number of ether oxygens (including phenoxy) is 1. The average Bonchev–Trinajstić information content (AvgIpc) is 2.69. The van der Waals surface area contributed by atoms with Crippen molar-refractivity contribution >= 4 is 37.5 Å². The minimum atomic E-state index is -3.84. The predicted molar refractivity (Wildman–Crippen MR) is 117 cm³/mol. The van der Waals surface area contributed by atoms with Crippen molar-refractivity contribution in [3.8, 4) is 5.75 Å². The SMILES string of the molecule is CCOc1ccc(NS(=O)(=O)c2cccc(C(=O)N3CCCC(C)C3)c2)cc1Br. The average molecular weight is 481 g/mol. The monoisotopic (exact) mass is 480 g/mol. The van der Waals surface area contributed by atoms with E-state index in [-0.39, 0.29) is 10.8 Å². The van der Waals surface area contributed by atoms with Gasteiger partial charge in [0.05, 0.1) is 21.7 Å². The van der Waals surface area contributed by atoms with E-state index in [0.717, 1.165) is 12.8 Å². The van der Waals surface area contributed by atoms with Gasteiger partial charge in [0.15, 0.2) is 0 Å². The summed E-state index contributed by atoms with van der Waals surface area (Å²) < 4.78 is 34.4. The van der Waals surface area contributed by atoms with Crippen LogP contribution in [0.1, 0.15) is 37.0 Å². The zero-order chi connectivity index (χ0) is 21.0. The smallest absolute Gasteiger partial charge is 0.261 e. The van der Waals surface area contributed by atoms with Crippen LogP contribution >= 0.6 is 15.9 Å². The Bertz CT molecular complexity index is 994. The van der Waals surface area contributed by atoms with E-state index in [2.05, 4.69) is 27.6 Å². The molecule has 0 aliphatic carbocycles. The van der Waals surface area contributed by atoms with E-state index in [1.165, 1.54) is 12.1 Å². The lowest BCUT2D eigenvalue weighted by Crippen LogP contribution is -2.39. The number of piperidine rings is 1. The largest absolute Gasteiger partial charge is 0.493 e. The Labute approximate surface area is 180 Å². The first-order chi connectivity index (χ1) is 13.8. The van der Waals surface area contributed by atoms with Crippen LogP contribution in [0, 0.1) is 5.92 Å². The molecule has 0 radical (unpaired) electrons. The molecular weight excluding hydrogens is 456 g/mol. The van der Waals surface area contributed by atoms with Gasteiger partial charge < -0.3 is 9.64 Å². The summed E-state index contributed by atoms with van der Waals surface area (Å²) in [4.78, 5) is 14.7. The highest BCUT2D eigenvalue weighted by Crippen LogP contribution is 2.29. The van der Waals surface area contributed by atoms with Crippen LogP contribution in [0.25, 0.3) is 0 Å². The molecule has 1 unspecified atom stereocenters. The molecule has 2 aromatic carbocycles. The van der Waals surface area contributed by atoms with Gasteiger partial charge in [0, 0.05) is 18.7 Å². The number of nitrogens with zero attached hydrogens (tertiary/aromatic N) is 1. The second-order valence-corrected chi connectivity index (χ2v) is 9.75. The molecule has 156 valence electrons. The number of rotatable bonds is 6. The van der Waals surface area contributed by atoms with Crippen LogP contribution < -0.4 is 9.46 Å². The molecule has 0 spiro atoms. The zero-order valence-corrected chi connectivity index (χ0v) is 18.9. The maximum Gasteiger partial charge on any atom is 0.261 e. The van der Waals surface area contributed by atoms with Crippen LogP contribution in [-0.4, -0.2) is 38.9 Å². The molecule has 1 amide bonds. The quantitative estimate of drug-likeness (QED) is 0.659. The van der Waals surface area contributed by atoms with Gasteiger partial charge in [-0.15, -0.1) is 0 Å². The van der Waals surface area contributed by atoms with Crippen LogP contribution in [0.15, 0.2) is 51.8 Å². The highest BCUT2D eigenvalue weighted by Gasteiger charge is 2.23. The van der Waals surface area contributed by atoms with Crippen LogP contribution in [0.2, 0.25) is 0 Å². The minimum Gasteiger partial charge on any atom is -0.493 e. The predicted octanol–water partition coefficient (Wildman–Crippen LogP) is 4.52. The van der Waals surface area contributed by atoms with Gasteiger partial charge in [0.25, 0.3) is 15.9 Å². The molecule has 1 atom stereocenters. The van der Waals surface area contributed by atoms with Gasteiger partial charge in [-0.2, -0.15) is 0 Å². The van der Waals surface area contributed by atoms with Crippen molar-refractivity contribution < 1.29 is 17.9 Å². The van der Waals surface area contributed by atoms with E-state index in [9.17, 15) is 13.2 Å². The number of nitrogens with one attached hydrogen (secondary N) is 1. The molecule has 2 aromatic rings. The Balaban J connectivity index is 1.80. The number of likely N-dealkylation sites (tertiary alicyclic amines) is 1. The molecular formula is C21H25BrN2O4S. The number of carbonyl (C=O) groups excluding carboxylic acids is 1. The lowest BCUT2D eigenvalue weighted by atomic mass is 9.99. The number of hydrogen-bond donors (Lipinski definition) is 1. The van der Waals surface area contributed by atoms with Crippen LogP contribution in [0.5, 0.6) is 5.75 Å². The summed E-state index contributed by atoms with van der Waals surface area (Å²) in [7, 11) is -3.84. The van der Waals surface area contributed by atoms with Gasteiger partial charge in [0.2, 0.25) is 0 Å². The number of hydrogen-bond acceptors (Lipinski definition) is 4. The van der Waals surface area contributed by atoms with Crippen molar-refractivity contribution in [1.82, 2.24) is 4.90 Å². The van der Waals surface area contributed by atoms with Crippen molar-refractivity contribution in [2.75, 3.05) is 24.4 Å². The van der Waals surface area contributed by atoms with E-state index in [1.54, 1.807) is 35.2 Å². The molecule has 1 saturated heterocycles. The molecule has 29 heavy (non-hydrogen) atoms. The van der Waals surface area contributed by atoms with Gasteiger partial charge in [0.1, 0.15) is 5.75 Å². The van der Waals surface area contributed by atoms with E-state index < -0.39 is 10.0 Å². The number of halogens is 1. The lowest BCUT2D eigenvalue weighted by molar-refractivity contribution is 0.0683. The zero-order valence-electron chi connectivity index (χ0n) is 16.5. The Hall–Kier alpha value is -2.06. The molecule has 1 aliphatic rings. The molecule has 6 nitrogen and oxygen atoms in total. The highest BCUT2D eigenvalue weighted by atomic mass is 79.9.